The maximum absolute atomic E-state index is 14.2. The van der Waals surface area contributed by atoms with Crippen molar-refractivity contribution in [2.75, 3.05) is 11.9 Å². The Morgan fingerprint density at radius 3 is 2.49 bits per heavy atom. The number of nitriles is 1. The molecular formula is C28H22FN3O3. The molecular weight excluding hydrogens is 445 g/mol. The van der Waals surface area contributed by atoms with E-state index in [-0.39, 0.29) is 18.0 Å². The van der Waals surface area contributed by atoms with Gasteiger partial charge in [0.2, 0.25) is 0 Å². The molecule has 0 saturated heterocycles. The van der Waals surface area contributed by atoms with E-state index in [2.05, 4.69) is 5.32 Å². The first-order valence-corrected chi connectivity index (χ1v) is 11.0. The molecule has 4 aromatic rings. The van der Waals surface area contributed by atoms with Crippen LogP contribution < -0.4 is 5.32 Å². The lowest BCUT2D eigenvalue weighted by Gasteiger charge is -2.06. The molecule has 0 aliphatic carbocycles. The SMILES string of the molecule is CCOC(=O)c1ccc(NC(=O)/C(C#N)=C/c2cn(Cc3ccccc3F)c3ccccc23)cc1. The number of fused-ring (bicyclic) bond motifs is 1. The molecule has 1 N–H and O–H groups in total. The van der Waals surface area contributed by atoms with Gasteiger partial charge in [-0.25, -0.2) is 9.18 Å². The van der Waals surface area contributed by atoms with Gasteiger partial charge in [-0.1, -0.05) is 36.4 Å². The Hall–Kier alpha value is -4.70. The summed E-state index contributed by atoms with van der Waals surface area (Å²) in [6, 6.07) is 22.3. The third-order valence-corrected chi connectivity index (χ3v) is 5.44. The van der Waals surface area contributed by atoms with Crippen molar-refractivity contribution in [3.63, 3.8) is 0 Å². The van der Waals surface area contributed by atoms with Crippen LogP contribution in [0.1, 0.15) is 28.4 Å². The number of nitrogens with one attached hydrogen (secondary N) is 1. The summed E-state index contributed by atoms with van der Waals surface area (Å²) in [6.07, 6.45) is 3.32. The topological polar surface area (TPSA) is 84.1 Å². The normalized spacial score (nSPS) is 11.2. The van der Waals surface area contributed by atoms with Crippen molar-refractivity contribution in [2.45, 2.75) is 13.5 Å². The van der Waals surface area contributed by atoms with Crippen LogP contribution in [0.2, 0.25) is 0 Å². The van der Waals surface area contributed by atoms with Gasteiger partial charge in [-0.15, -0.1) is 0 Å². The Labute approximate surface area is 201 Å². The van der Waals surface area contributed by atoms with Crippen LogP contribution in [0.4, 0.5) is 10.1 Å². The number of hydrogen-bond donors (Lipinski definition) is 1. The zero-order valence-corrected chi connectivity index (χ0v) is 19.0. The van der Waals surface area contributed by atoms with Crippen LogP contribution in [0.3, 0.4) is 0 Å². The lowest BCUT2D eigenvalue weighted by atomic mass is 10.1. The number of rotatable bonds is 7. The lowest BCUT2D eigenvalue weighted by molar-refractivity contribution is -0.112. The number of ether oxygens (including phenoxy) is 1. The number of para-hydroxylation sites is 1. The fourth-order valence-corrected chi connectivity index (χ4v) is 3.74. The maximum atomic E-state index is 14.2. The summed E-state index contributed by atoms with van der Waals surface area (Å²) in [7, 11) is 0. The quantitative estimate of drug-likeness (QED) is 0.219. The number of carbonyl (C=O) groups is 2. The molecule has 1 heterocycles. The monoisotopic (exact) mass is 467 g/mol. The minimum atomic E-state index is -0.581. The molecule has 0 saturated carbocycles. The molecule has 1 aromatic heterocycles. The molecule has 6 nitrogen and oxygen atoms in total. The standard InChI is InChI=1S/C28H22FN3O3/c1-2-35-28(34)19-11-13-23(14-12-19)31-27(33)21(16-30)15-22-18-32(26-10-6-4-8-24(22)26)17-20-7-3-5-9-25(20)29/h3-15,18H,2,17H2,1H3,(H,31,33)/b21-15+. The van der Waals surface area contributed by atoms with Crippen LogP contribution in [-0.2, 0) is 16.1 Å². The molecule has 0 fully saturated rings. The Bertz CT molecular complexity index is 1460. The van der Waals surface area contributed by atoms with Crippen molar-refractivity contribution in [1.82, 2.24) is 4.57 Å². The van der Waals surface area contributed by atoms with Gasteiger partial charge in [0.15, 0.2) is 0 Å². The van der Waals surface area contributed by atoms with Crippen molar-refractivity contribution in [2.24, 2.45) is 0 Å². The molecule has 0 radical (unpaired) electrons. The second-order valence-corrected chi connectivity index (χ2v) is 7.74. The Kier molecular flexibility index (Phi) is 7.03. The van der Waals surface area contributed by atoms with Crippen LogP contribution in [0.5, 0.6) is 0 Å². The maximum Gasteiger partial charge on any atom is 0.338 e. The Morgan fingerprint density at radius 1 is 1.06 bits per heavy atom. The average Bonchev–Trinajstić information content (AvgIpc) is 3.21. The molecule has 7 heteroatoms. The molecule has 1 amide bonds. The number of halogens is 1. The summed E-state index contributed by atoms with van der Waals surface area (Å²) < 4.78 is 21.1. The zero-order chi connectivity index (χ0) is 24.8. The fourth-order valence-electron chi connectivity index (χ4n) is 3.74. The molecule has 0 aliphatic rings. The van der Waals surface area contributed by atoms with E-state index in [0.29, 0.717) is 28.9 Å². The molecule has 0 spiro atoms. The van der Waals surface area contributed by atoms with Crippen LogP contribution in [-0.4, -0.2) is 23.1 Å². The number of amides is 1. The predicted molar refractivity (Wildman–Crippen MR) is 132 cm³/mol. The van der Waals surface area contributed by atoms with Crippen molar-refractivity contribution in [3.8, 4) is 6.07 Å². The molecule has 0 aliphatic heterocycles. The van der Waals surface area contributed by atoms with Gasteiger partial charge >= 0.3 is 5.97 Å². The molecule has 3 aromatic carbocycles. The summed E-state index contributed by atoms with van der Waals surface area (Å²) in [5.74, 6) is -1.33. The predicted octanol–water partition coefficient (Wildman–Crippen LogP) is 5.55. The van der Waals surface area contributed by atoms with Crippen molar-refractivity contribution >= 4 is 34.5 Å². The minimum Gasteiger partial charge on any atom is -0.462 e. The molecule has 174 valence electrons. The van der Waals surface area contributed by atoms with E-state index < -0.39 is 11.9 Å². The average molecular weight is 468 g/mol. The minimum absolute atomic E-state index is 0.0896. The van der Waals surface area contributed by atoms with Gasteiger partial charge in [-0.05, 0) is 49.4 Å². The van der Waals surface area contributed by atoms with Crippen molar-refractivity contribution < 1.29 is 18.7 Å². The highest BCUT2D eigenvalue weighted by Crippen LogP contribution is 2.25. The zero-order valence-electron chi connectivity index (χ0n) is 19.0. The Morgan fingerprint density at radius 2 is 1.77 bits per heavy atom. The van der Waals surface area contributed by atoms with Crippen LogP contribution in [0.15, 0.2) is 84.6 Å². The van der Waals surface area contributed by atoms with Crippen LogP contribution in [0.25, 0.3) is 17.0 Å². The Balaban J connectivity index is 1.60. The van der Waals surface area contributed by atoms with E-state index in [9.17, 15) is 19.2 Å². The smallest absolute Gasteiger partial charge is 0.338 e. The number of aromatic nitrogens is 1. The summed E-state index contributed by atoms with van der Waals surface area (Å²) >= 11 is 0. The molecule has 0 bridgehead atoms. The van der Waals surface area contributed by atoms with E-state index in [0.717, 1.165) is 10.9 Å². The second-order valence-electron chi connectivity index (χ2n) is 7.74. The van der Waals surface area contributed by atoms with Gasteiger partial charge in [0.05, 0.1) is 18.7 Å². The van der Waals surface area contributed by atoms with Crippen molar-refractivity contribution in [3.05, 3.63) is 107 Å². The van der Waals surface area contributed by atoms with E-state index in [1.54, 1.807) is 55.6 Å². The number of carbonyl (C=O) groups excluding carboxylic acids is 2. The summed E-state index contributed by atoms with van der Waals surface area (Å²) in [5.41, 5.74) is 2.77. The number of hydrogen-bond acceptors (Lipinski definition) is 4. The highest BCUT2D eigenvalue weighted by atomic mass is 19.1. The van der Waals surface area contributed by atoms with Crippen LogP contribution >= 0.6 is 0 Å². The summed E-state index contributed by atoms with van der Waals surface area (Å²) in [6.45, 7) is 2.30. The van der Waals surface area contributed by atoms with Gasteiger partial charge in [0.25, 0.3) is 5.91 Å². The van der Waals surface area contributed by atoms with Gasteiger partial charge in [0.1, 0.15) is 17.5 Å². The van der Waals surface area contributed by atoms with Gasteiger partial charge in [-0.3, -0.25) is 4.79 Å². The van der Waals surface area contributed by atoms with Crippen molar-refractivity contribution in [1.29, 1.82) is 5.26 Å². The highest BCUT2D eigenvalue weighted by Gasteiger charge is 2.14. The number of esters is 1. The highest BCUT2D eigenvalue weighted by molar-refractivity contribution is 6.11. The number of anilines is 1. The lowest BCUT2D eigenvalue weighted by Crippen LogP contribution is -2.13. The first kappa shape index (κ1) is 23.5. The third-order valence-electron chi connectivity index (χ3n) is 5.44. The number of nitrogens with zero attached hydrogens (tertiary/aromatic N) is 2. The molecule has 0 unspecified atom stereocenters. The molecule has 0 atom stereocenters. The summed E-state index contributed by atoms with van der Waals surface area (Å²) in [5, 5.41) is 13.2. The first-order chi connectivity index (χ1) is 17.0. The van der Waals surface area contributed by atoms with E-state index >= 15 is 0 Å². The van der Waals surface area contributed by atoms with E-state index in [1.807, 2.05) is 34.9 Å². The van der Waals surface area contributed by atoms with Gasteiger partial charge in [-0.2, -0.15) is 5.26 Å². The second kappa shape index (κ2) is 10.5. The van der Waals surface area contributed by atoms with Gasteiger partial charge < -0.3 is 14.6 Å². The van der Waals surface area contributed by atoms with E-state index in [1.165, 1.54) is 12.1 Å². The summed E-state index contributed by atoms with van der Waals surface area (Å²) in [4.78, 5) is 24.6. The van der Waals surface area contributed by atoms with E-state index in [4.69, 9.17) is 4.74 Å². The first-order valence-electron chi connectivity index (χ1n) is 11.0. The van der Waals surface area contributed by atoms with Crippen LogP contribution in [0, 0.1) is 17.1 Å². The van der Waals surface area contributed by atoms with Gasteiger partial charge in [0, 0.05) is 33.9 Å². The number of benzene rings is 3. The molecule has 35 heavy (non-hydrogen) atoms. The largest absolute Gasteiger partial charge is 0.462 e. The molecule has 4 rings (SSSR count). The third kappa shape index (κ3) is 5.28. The fraction of sp³-hybridized carbons (Fsp3) is 0.107.